The van der Waals surface area contributed by atoms with E-state index in [2.05, 4.69) is 15.6 Å². The Hall–Kier alpha value is -2.76. The fourth-order valence-electron chi connectivity index (χ4n) is 2.54. The monoisotopic (exact) mass is 341 g/mol. The zero-order valence-electron chi connectivity index (χ0n) is 14.5. The highest BCUT2D eigenvalue weighted by Gasteiger charge is 2.24. The van der Waals surface area contributed by atoms with Crippen molar-refractivity contribution in [1.82, 2.24) is 10.3 Å². The summed E-state index contributed by atoms with van der Waals surface area (Å²) in [5.74, 6) is 1.34. The van der Waals surface area contributed by atoms with Gasteiger partial charge in [0, 0.05) is 24.5 Å². The molecule has 25 heavy (non-hydrogen) atoms. The predicted molar refractivity (Wildman–Crippen MR) is 96.5 cm³/mol. The Labute approximate surface area is 147 Å². The predicted octanol–water partition coefficient (Wildman–Crippen LogP) is 2.65. The van der Waals surface area contributed by atoms with Gasteiger partial charge in [-0.1, -0.05) is 6.07 Å². The highest BCUT2D eigenvalue weighted by atomic mass is 16.5. The smallest absolute Gasteiger partial charge is 0.270 e. The van der Waals surface area contributed by atoms with Crippen LogP contribution >= 0.6 is 0 Å². The number of nitrogens with zero attached hydrogens (tertiary/aromatic N) is 1. The maximum atomic E-state index is 12.0. The van der Waals surface area contributed by atoms with Crippen molar-refractivity contribution in [3.05, 3.63) is 47.8 Å². The molecule has 0 aliphatic heterocycles. The van der Waals surface area contributed by atoms with Crippen molar-refractivity contribution in [2.24, 2.45) is 0 Å². The molecule has 1 aromatic carbocycles. The first-order valence-electron chi connectivity index (χ1n) is 8.41. The number of pyridine rings is 1. The third-order valence-electron chi connectivity index (χ3n) is 4.10. The van der Waals surface area contributed by atoms with Crippen molar-refractivity contribution in [3.63, 3.8) is 0 Å². The van der Waals surface area contributed by atoms with Gasteiger partial charge >= 0.3 is 0 Å². The van der Waals surface area contributed by atoms with E-state index in [1.807, 2.05) is 24.3 Å². The number of carbonyl (C=O) groups excluding carboxylic acids is 1. The lowest BCUT2D eigenvalue weighted by Crippen LogP contribution is -2.26. The van der Waals surface area contributed by atoms with Crippen molar-refractivity contribution in [2.75, 3.05) is 26.1 Å². The Morgan fingerprint density at radius 2 is 1.96 bits per heavy atom. The molecule has 0 saturated heterocycles. The average molecular weight is 341 g/mol. The summed E-state index contributed by atoms with van der Waals surface area (Å²) < 4.78 is 10.6. The molecule has 1 heterocycles. The molecule has 0 atom stereocenters. The minimum Gasteiger partial charge on any atom is -0.493 e. The largest absolute Gasteiger partial charge is 0.493 e. The Morgan fingerprint density at radius 3 is 2.68 bits per heavy atom. The van der Waals surface area contributed by atoms with Crippen molar-refractivity contribution in [3.8, 4) is 11.5 Å². The Balaban J connectivity index is 1.55. The van der Waals surface area contributed by atoms with Gasteiger partial charge in [-0.2, -0.15) is 0 Å². The summed E-state index contributed by atoms with van der Waals surface area (Å²) in [6, 6.07) is 9.87. The van der Waals surface area contributed by atoms with Crippen molar-refractivity contribution in [1.29, 1.82) is 0 Å². The molecular weight excluding hydrogens is 318 g/mol. The molecular formula is C19H23N3O3. The number of benzene rings is 1. The first-order valence-corrected chi connectivity index (χ1v) is 8.41. The van der Waals surface area contributed by atoms with E-state index in [4.69, 9.17) is 9.47 Å². The Kier molecular flexibility index (Phi) is 5.38. The lowest BCUT2D eigenvalue weighted by molar-refractivity contribution is 0.0946. The van der Waals surface area contributed by atoms with Crippen molar-refractivity contribution >= 4 is 11.6 Å². The van der Waals surface area contributed by atoms with Gasteiger partial charge in [0.05, 0.1) is 14.2 Å². The van der Waals surface area contributed by atoms with Gasteiger partial charge in [0.25, 0.3) is 5.91 Å². The second-order valence-electron chi connectivity index (χ2n) is 6.04. The molecule has 1 amide bonds. The van der Waals surface area contributed by atoms with Gasteiger partial charge in [-0.25, -0.2) is 0 Å². The maximum absolute atomic E-state index is 12.0. The molecule has 2 aromatic rings. The summed E-state index contributed by atoms with van der Waals surface area (Å²) in [6.45, 7) is 0.739. The number of amides is 1. The first kappa shape index (κ1) is 17.1. The molecule has 0 radical (unpaired) electrons. The molecule has 1 fully saturated rings. The van der Waals surface area contributed by atoms with Gasteiger partial charge in [0.2, 0.25) is 0 Å². The van der Waals surface area contributed by atoms with Crippen LogP contribution in [0.3, 0.4) is 0 Å². The summed E-state index contributed by atoms with van der Waals surface area (Å²) in [5, 5.41) is 6.28. The third kappa shape index (κ3) is 4.62. The van der Waals surface area contributed by atoms with Crippen molar-refractivity contribution < 1.29 is 14.3 Å². The van der Waals surface area contributed by atoms with E-state index >= 15 is 0 Å². The normalized spacial score (nSPS) is 13.2. The standard InChI is InChI=1S/C19H23N3O3/c1-24-17-6-3-13(11-18(17)25-2)7-9-20-15-8-10-21-16(12-15)19(23)22-14-4-5-14/h3,6,8,10-12,14H,4-5,7,9H2,1-2H3,(H,20,21)(H,22,23). The Morgan fingerprint density at radius 1 is 1.16 bits per heavy atom. The van der Waals surface area contributed by atoms with E-state index in [1.165, 1.54) is 0 Å². The summed E-state index contributed by atoms with van der Waals surface area (Å²) in [5.41, 5.74) is 2.48. The summed E-state index contributed by atoms with van der Waals surface area (Å²) in [6.07, 6.45) is 4.61. The van der Waals surface area contributed by atoms with Gasteiger partial charge in [-0.15, -0.1) is 0 Å². The van der Waals surface area contributed by atoms with Crippen LogP contribution in [0.15, 0.2) is 36.5 Å². The molecule has 132 valence electrons. The molecule has 3 rings (SSSR count). The molecule has 2 N–H and O–H groups in total. The number of hydrogen-bond acceptors (Lipinski definition) is 5. The highest BCUT2D eigenvalue weighted by Crippen LogP contribution is 2.27. The first-order chi connectivity index (χ1) is 12.2. The van der Waals surface area contributed by atoms with Crippen LogP contribution in [0.1, 0.15) is 28.9 Å². The molecule has 0 unspecified atom stereocenters. The van der Waals surface area contributed by atoms with Crippen LogP contribution < -0.4 is 20.1 Å². The molecule has 0 bridgehead atoms. The molecule has 6 heteroatoms. The lowest BCUT2D eigenvalue weighted by Gasteiger charge is -2.11. The second kappa shape index (κ2) is 7.88. The van der Waals surface area contributed by atoms with E-state index < -0.39 is 0 Å². The zero-order valence-corrected chi connectivity index (χ0v) is 14.5. The molecule has 1 aromatic heterocycles. The van der Waals surface area contributed by atoms with Gasteiger partial charge in [-0.05, 0) is 49.1 Å². The summed E-state index contributed by atoms with van der Waals surface area (Å²) >= 11 is 0. The van der Waals surface area contributed by atoms with Crippen LogP contribution in [0.2, 0.25) is 0 Å². The van der Waals surface area contributed by atoms with Crippen LogP contribution in [-0.4, -0.2) is 37.7 Å². The van der Waals surface area contributed by atoms with E-state index in [0.29, 0.717) is 11.7 Å². The number of ether oxygens (including phenoxy) is 2. The minimum atomic E-state index is -0.106. The average Bonchev–Trinajstić information content (AvgIpc) is 3.45. The summed E-state index contributed by atoms with van der Waals surface area (Å²) in [7, 11) is 3.25. The van der Waals surface area contributed by atoms with Crippen LogP contribution in [0.5, 0.6) is 11.5 Å². The Bertz CT molecular complexity index is 744. The fraction of sp³-hybridized carbons (Fsp3) is 0.368. The van der Waals surface area contributed by atoms with Crippen LogP contribution in [0.25, 0.3) is 0 Å². The van der Waals surface area contributed by atoms with Gasteiger partial charge in [0.15, 0.2) is 11.5 Å². The maximum Gasteiger partial charge on any atom is 0.270 e. The number of nitrogens with one attached hydrogen (secondary N) is 2. The molecule has 1 aliphatic rings. The third-order valence-corrected chi connectivity index (χ3v) is 4.10. The van der Waals surface area contributed by atoms with E-state index in [0.717, 1.165) is 48.6 Å². The quantitative estimate of drug-likeness (QED) is 0.772. The molecule has 0 spiro atoms. The molecule has 1 saturated carbocycles. The fourth-order valence-corrected chi connectivity index (χ4v) is 2.54. The van der Waals surface area contributed by atoms with Crippen LogP contribution in [-0.2, 0) is 6.42 Å². The number of methoxy groups -OCH3 is 2. The number of carbonyl (C=O) groups is 1. The van der Waals surface area contributed by atoms with Gasteiger partial charge in [0.1, 0.15) is 5.69 Å². The number of rotatable bonds is 8. The van der Waals surface area contributed by atoms with Gasteiger partial charge < -0.3 is 20.1 Å². The van der Waals surface area contributed by atoms with Crippen molar-refractivity contribution in [2.45, 2.75) is 25.3 Å². The second-order valence-corrected chi connectivity index (χ2v) is 6.04. The molecule has 6 nitrogen and oxygen atoms in total. The van der Waals surface area contributed by atoms with Gasteiger partial charge in [-0.3, -0.25) is 9.78 Å². The van der Waals surface area contributed by atoms with E-state index in [-0.39, 0.29) is 5.91 Å². The highest BCUT2D eigenvalue weighted by molar-refractivity contribution is 5.93. The van der Waals surface area contributed by atoms with Crippen LogP contribution in [0.4, 0.5) is 5.69 Å². The number of aromatic nitrogens is 1. The summed E-state index contributed by atoms with van der Waals surface area (Å²) in [4.78, 5) is 16.2. The topological polar surface area (TPSA) is 72.5 Å². The molecule has 1 aliphatic carbocycles. The number of hydrogen-bond donors (Lipinski definition) is 2. The zero-order chi connectivity index (χ0) is 17.6. The SMILES string of the molecule is COc1ccc(CCNc2ccnc(C(=O)NC3CC3)c2)cc1OC. The minimum absolute atomic E-state index is 0.106. The number of anilines is 1. The van der Waals surface area contributed by atoms with E-state index in [1.54, 1.807) is 26.5 Å². The van der Waals surface area contributed by atoms with E-state index in [9.17, 15) is 4.79 Å². The van der Waals surface area contributed by atoms with Crippen LogP contribution in [0, 0.1) is 0 Å². The lowest BCUT2D eigenvalue weighted by atomic mass is 10.1.